The molecule has 6 nitrogen and oxygen atoms in total. The Balaban J connectivity index is 2.37. The number of carboxylic acid groups (broad SMARTS) is 1. The maximum atomic E-state index is 13.0. The average Bonchev–Trinajstić information content (AvgIpc) is 2.93. The lowest BCUT2D eigenvalue weighted by Gasteiger charge is -2.18. The Hall–Kier alpha value is -1.52. The molecular formula is C13H13ClF3NO5S. The van der Waals surface area contributed by atoms with E-state index in [9.17, 15) is 26.4 Å². The van der Waals surface area contributed by atoms with Gasteiger partial charge in [0.25, 0.3) is 0 Å². The van der Waals surface area contributed by atoms with Crippen LogP contribution in [0.2, 0.25) is 5.02 Å². The molecule has 1 aromatic carbocycles. The van der Waals surface area contributed by atoms with E-state index in [0.29, 0.717) is 4.31 Å². The van der Waals surface area contributed by atoms with Gasteiger partial charge in [-0.3, -0.25) is 4.79 Å². The van der Waals surface area contributed by atoms with Gasteiger partial charge in [0.05, 0.1) is 28.9 Å². The van der Waals surface area contributed by atoms with Gasteiger partial charge in [0.2, 0.25) is 10.0 Å². The molecule has 0 amide bonds. The van der Waals surface area contributed by atoms with Gasteiger partial charge in [0, 0.05) is 13.1 Å². The van der Waals surface area contributed by atoms with Crippen LogP contribution in [0.5, 0.6) is 5.75 Å². The van der Waals surface area contributed by atoms with Gasteiger partial charge in [-0.15, -0.1) is 0 Å². The minimum absolute atomic E-state index is 0.0278. The van der Waals surface area contributed by atoms with E-state index in [-0.39, 0.29) is 15.7 Å². The van der Waals surface area contributed by atoms with Crippen molar-refractivity contribution >= 4 is 27.6 Å². The Morgan fingerprint density at radius 1 is 1.38 bits per heavy atom. The fourth-order valence-electron chi connectivity index (χ4n) is 2.50. The van der Waals surface area contributed by atoms with Crippen molar-refractivity contribution in [1.29, 1.82) is 0 Å². The fraction of sp³-hybridized carbons (Fsp3) is 0.462. The van der Waals surface area contributed by atoms with Crippen LogP contribution in [0.3, 0.4) is 0 Å². The topological polar surface area (TPSA) is 83.9 Å². The zero-order chi connectivity index (χ0) is 18.3. The molecule has 1 heterocycles. The molecule has 134 valence electrons. The van der Waals surface area contributed by atoms with E-state index in [2.05, 4.69) is 0 Å². The van der Waals surface area contributed by atoms with Crippen molar-refractivity contribution in [2.24, 2.45) is 11.8 Å². The zero-order valence-electron chi connectivity index (χ0n) is 12.2. The Kier molecular flexibility index (Phi) is 5.03. The number of carbonyl (C=O) groups is 1. The van der Waals surface area contributed by atoms with Crippen molar-refractivity contribution in [2.75, 3.05) is 20.2 Å². The summed E-state index contributed by atoms with van der Waals surface area (Å²) < 4.78 is 69.3. The van der Waals surface area contributed by atoms with Crippen LogP contribution < -0.4 is 4.74 Å². The van der Waals surface area contributed by atoms with Crippen LogP contribution in [0.25, 0.3) is 0 Å². The number of benzene rings is 1. The number of rotatable bonds is 4. The molecule has 2 atom stereocenters. The highest BCUT2D eigenvalue weighted by Crippen LogP contribution is 2.40. The summed E-state index contributed by atoms with van der Waals surface area (Å²) in [6.45, 7) is -1.71. The van der Waals surface area contributed by atoms with Crippen LogP contribution in [0.1, 0.15) is 0 Å². The molecule has 0 radical (unpaired) electrons. The van der Waals surface area contributed by atoms with Crippen molar-refractivity contribution in [1.82, 2.24) is 4.31 Å². The summed E-state index contributed by atoms with van der Waals surface area (Å²) in [7, 11) is -3.00. The van der Waals surface area contributed by atoms with Gasteiger partial charge in [-0.05, 0) is 18.2 Å². The maximum absolute atomic E-state index is 13.0. The van der Waals surface area contributed by atoms with E-state index >= 15 is 0 Å². The van der Waals surface area contributed by atoms with Gasteiger partial charge < -0.3 is 9.84 Å². The number of carboxylic acids is 1. The van der Waals surface area contributed by atoms with Crippen LogP contribution in [0.15, 0.2) is 23.1 Å². The largest absolute Gasteiger partial charge is 0.495 e. The summed E-state index contributed by atoms with van der Waals surface area (Å²) in [5, 5.41) is 8.93. The van der Waals surface area contributed by atoms with E-state index in [1.807, 2.05) is 0 Å². The number of methoxy groups -OCH3 is 1. The number of ether oxygens (including phenoxy) is 1. The molecule has 1 aliphatic rings. The standard InChI is InChI=1S/C13H13ClF3NO5S/c1-23-11-3-2-7(4-10(11)14)24(21,22)18-5-8(12(19)20)9(6-18)13(15,16)17/h2-4,8-9H,5-6H2,1H3,(H,19,20)/t8-,9-/m1/s1. The first-order valence-electron chi connectivity index (χ1n) is 6.61. The highest BCUT2D eigenvalue weighted by atomic mass is 35.5. The van der Waals surface area contributed by atoms with Crippen LogP contribution in [-0.2, 0) is 14.8 Å². The van der Waals surface area contributed by atoms with Crippen LogP contribution in [0, 0.1) is 11.8 Å². The molecule has 1 aliphatic heterocycles. The molecule has 2 rings (SSSR count). The van der Waals surface area contributed by atoms with Gasteiger partial charge in [-0.2, -0.15) is 17.5 Å². The highest BCUT2D eigenvalue weighted by molar-refractivity contribution is 7.89. The molecular weight excluding hydrogens is 375 g/mol. The van der Waals surface area contributed by atoms with Crippen LogP contribution in [-0.4, -0.2) is 50.2 Å². The minimum Gasteiger partial charge on any atom is -0.495 e. The second-order valence-electron chi connectivity index (χ2n) is 5.21. The number of aliphatic carboxylic acids is 1. The average molecular weight is 388 g/mol. The molecule has 0 saturated carbocycles. The molecule has 1 aromatic rings. The molecule has 0 unspecified atom stereocenters. The van der Waals surface area contributed by atoms with Crippen molar-refractivity contribution < 1.29 is 36.2 Å². The summed E-state index contributed by atoms with van der Waals surface area (Å²) in [6, 6.07) is 3.45. The van der Waals surface area contributed by atoms with E-state index in [4.69, 9.17) is 21.4 Å². The van der Waals surface area contributed by atoms with Crippen LogP contribution in [0.4, 0.5) is 13.2 Å². The Morgan fingerprint density at radius 3 is 2.42 bits per heavy atom. The SMILES string of the molecule is COc1ccc(S(=O)(=O)N2C[C@@H](C(F)(F)F)[C@H](C(=O)O)C2)cc1Cl. The third-order valence-electron chi connectivity index (χ3n) is 3.79. The van der Waals surface area contributed by atoms with Gasteiger partial charge in [0.1, 0.15) is 5.75 Å². The quantitative estimate of drug-likeness (QED) is 0.856. The van der Waals surface area contributed by atoms with E-state index in [1.54, 1.807) is 0 Å². The predicted octanol–water partition coefficient (Wildman–Crippen LogP) is 2.23. The molecule has 0 aromatic heterocycles. The molecule has 0 bridgehead atoms. The molecule has 1 fully saturated rings. The zero-order valence-corrected chi connectivity index (χ0v) is 13.8. The minimum atomic E-state index is -4.81. The molecule has 1 saturated heterocycles. The number of alkyl halides is 3. The molecule has 11 heteroatoms. The fourth-order valence-corrected chi connectivity index (χ4v) is 4.34. The number of hydrogen-bond acceptors (Lipinski definition) is 4. The Morgan fingerprint density at radius 2 is 2.00 bits per heavy atom. The summed E-state index contributed by atoms with van der Waals surface area (Å²) in [5.41, 5.74) is 0. The molecule has 24 heavy (non-hydrogen) atoms. The number of nitrogens with zero attached hydrogens (tertiary/aromatic N) is 1. The number of hydrogen-bond donors (Lipinski definition) is 1. The van der Waals surface area contributed by atoms with E-state index < -0.39 is 47.1 Å². The summed E-state index contributed by atoms with van der Waals surface area (Å²) in [4.78, 5) is 10.7. The monoisotopic (exact) mass is 387 g/mol. The lowest BCUT2D eigenvalue weighted by Crippen LogP contribution is -2.34. The van der Waals surface area contributed by atoms with Crippen molar-refractivity contribution in [3.63, 3.8) is 0 Å². The first-order valence-corrected chi connectivity index (χ1v) is 8.43. The van der Waals surface area contributed by atoms with Gasteiger partial charge in [-0.1, -0.05) is 11.6 Å². The van der Waals surface area contributed by atoms with E-state index in [1.165, 1.54) is 13.2 Å². The van der Waals surface area contributed by atoms with Crippen molar-refractivity contribution in [3.8, 4) is 5.75 Å². The third-order valence-corrected chi connectivity index (χ3v) is 5.91. The molecule has 1 N–H and O–H groups in total. The Labute approximate surface area is 140 Å². The van der Waals surface area contributed by atoms with Crippen LogP contribution >= 0.6 is 11.6 Å². The first-order chi connectivity index (χ1) is 11.0. The van der Waals surface area contributed by atoms with Gasteiger partial charge >= 0.3 is 12.1 Å². The predicted molar refractivity (Wildman–Crippen MR) is 77.4 cm³/mol. The van der Waals surface area contributed by atoms with Crippen molar-refractivity contribution in [3.05, 3.63) is 23.2 Å². The lowest BCUT2D eigenvalue weighted by atomic mass is 9.96. The number of halogens is 4. The van der Waals surface area contributed by atoms with E-state index in [0.717, 1.165) is 12.1 Å². The molecule has 0 aliphatic carbocycles. The van der Waals surface area contributed by atoms with Crippen molar-refractivity contribution in [2.45, 2.75) is 11.1 Å². The Bertz CT molecular complexity index is 752. The maximum Gasteiger partial charge on any atom is 0.393 e. The van der Waals surface area contributed by atoms with Gasteiger partial charge in [0.15, 0.2) is 0 Å². The lowest BCUT2D eigenvalue weighted by molar-refractivity contribution is -0.187. The van der Waals surface area contributed by atoms with Gasteiger partial charge in [-0.25, -0.2) is 8.42 Å². The second-order valence-corrected chi connectivity index (χ2v) is 7.56. The summed E-state index contributed by atoms with van der Waals surface area (Å²) >= 11 is 5.84. The molecule has 0 spiro atoms. The second kappa shape index (κ2) is 6.41. The summed E-state index contributed by atoms with van der Waals surface area (Å²) in [5.74, 6) is -5.61. The summed E-state index contributed by atoms with van der Waals surface area (Å²) in [6.07, 6.45) is -4.81. The third kappa shape index (κ3) is 3.45. The first kappa shape index (κ1) is 18.8. The normalized spacial score (nSPS) is 22.5. The highest BCUT2D eigenvalue weighted by Gasteiger charge is 2.54. The number of sulfonamides is 1. The smallest absolute Gasteiger partial charge is 0.393 e.